The normalized spacial score (nSPS) is 40.3. The molecular formula is C17H33NO. The lowest BCUT2D eigenvalue weighted by Crippen LogP contribution is -2.47. The van der Waals surface area contributed by atoms with Crippen LogP contribution in [0.15, 0.2) is 0 Å². The summed E-state index contributed by atoms with van der Waals surface area (Å²) >= 11 is 0. The van der Waals surface area contributed by atoms with Crippen molar-refractivity contribution in [3.8, 4) is 0 Å². The minimum atomic E-state index is -0.419. The SMILES string of the molecule is CCCC1CCC(NCC2(O)CCCC(C)C2)CC1. The molecule has 0 aliphatic heterocycles. The lowest BCUT2D eigenvalue weighted by Gasteiger charge is -2.38. The van der Waals surface area contributed by atoms with Gasteiger partial charge in [0.15, 0.2) is 0 Å². The first-order valence-electron chi connectivity index (χ1n) is 8.57. The highest BCUT2D eigenvalue weighted by atomic mass is 16.3. The second-order valence-corrected chi connectivity index (χ2v) is 7.31. The van der Waals surface area contributed by atoms with Crippen LogP contribution in [0, 0.1) is 11.8 Å². The van der Waals surface area contributed by atoms with Crippen LogP contribution in [0.4, 0.5) is 0 Å². The van der Waals surface area contributed by atoms with Crippen molar-refractivity contribution in [3.63, 3.8) is 0 Å². The summed E-state index contributed by atoms with van der Waals surface area (Å²) in [5, 5.41) is 14.3. The van der Waals surface area contributed by atoms with Crippen molar-refractivity contribution in [2.75, 3.05) is 6.54 Å². The van der Waals surface area contributed by atoms with Gasteiger partial charge in [-0.05, 0) is 50.4 Å². The van der Waals surface area contributed by atoms with E-state index < -0.39 is 5.60 Å². The van der Waals surface area contributed by atoms with Crippen LogP contribution in [0.1, 0.15) is 78.1 Å². The highest BCUT2D eigenvalue weighted by Crippen LogP contribution is 2.33. The highest BCUT2D eigenvalue weighted by Gasteiger charge is 2.33. The smallest absolute Gasteiger partial charge is 0.0774 e. The van der Waals surface area contributed by atoms with Crippen LogP contribution in [0.25, 0.3) is 0 Å². The first kappa shape index (κ1) is 15.3. The van der Waals surface area contributed by atoms with Gasteiger partial charge in [0.1, 0.15) is 0 Å². The fraction of sp³-hybridized carbons (Fsp3) is 1.00. The maximum atomic E-state index is 10.6. The Kier molecular flexibility index (Phi) is 5.70. The van der Waals surface area contributed by atoms with Crippen LogP contribution in [0.2, 0.25) is 0 Å². The van der Waals surface area contributed by atoms with Crippen molar-refractivity contribution in [1.82, 2.24) is 5.32 Å². The van der Waals surface area contributed by atoms with Gasteiger partial charge in [0.25, 0.3) is 0 Å². The van der Waals surface area contributed by atoms with E-state index in [1.54, 1.807) is 0 Å². The Bertz CT molecular complexity index is 260. The number of nitrogens with one attached hydrogen (secondary N) is 1. The molecule has 2 atom stereocenters. The van der Waals surface area contributed by atoms with Crippen molar-refractivity contribution < 1.29 is 5.11 Å². The van der Waals surface area contributed by atoms with Gasteiger partial charge in [-0.1, -0.05) is 39.5 Å². The largest absolute Gasteiger partial charge is 0.389 e. The summed E-state index contributed by atoms with van der Waals surface area (Å²) < 4.78 is 0. The van der Waals surface area contributed by atoms with Gasteiger partial charge in [0.05, 0.1) is 5.60 Å². The van der Waals surface area contributed by atoms with Crippen molar-refractivity contribution in [3.05, 3.63) is 0 Å². The molecule has 2 rings (SSSR count). The topological polar surface area (TPSA) is 32.3 Å². The van der Waals surface area contributed by atoms with E-state index in [9.17, 15) is 5.11 Å². The van der Waals surface area contributed by atoms with E-state index >= 15 is 0 Å². The molecule has 0 aromatic rings. The van der Waals surface area contributed by atoms with Crippen molar-refractivity contribution in [2.24, 2.45) is 11.8 Å². The zero-order valence-corrected chi connectivity index (χ0v) is 13.0. The van der Waals surface area contributed by atoms with E-state index in [4.69, 9.17) is 0 Å². The molecule has 0 amide bonds. The molecular weight excluding hydrogens is 234 g/mol. The van der Waals surface area contributed by atoms with Crippen LogP contribution in [-0.4, -0.2) is 23.3 Å². The minimum Gasteiger partial charge on any atom is -0.389 e. The average molecular weight is 267 g/mol. The van der Waals surface area contributed by atoms with Gasteiger partial charge in [-0.25, -0.2) is 0 Å². The first-order valence-corrected chi connectivity index (χ1v) is 8.57. The fourth-order valence-corrected chi connectivity index (χ4v) is 4.19. The molecule has 0 radical (unpaired) electrons. The van der Waals surface area contributed by atoms with Crippen molar-refractivity contribution in [2.45, 2.75) is 89.7 Å². The van der Waals surface area contributed by atoms with Gasteiger partial charge in [0.2, 0.25) is 0 Å². The third kappa shape index (κ3) is 4.75. The number of hydrogen-bond donors (Lipinski definition) is 2. The Labute approximate surface area is 119 Å². The van der Waals surface area contributed by atoms with Crippen molar-refractivity contribution in [1.29, 1.82) is 0 Å². The van der Waals surface area contributed by atoms with E-state index in [1.807, 2.05) is 0 Å². The molecule has 2 saturated carbocycles. The average Bonchev–Trinajstić information content (AvgIpc) is 2.38. The molecule has 112 valence electrons. The Morgan fingerprint density at radius 2 is 1.89 bits per heavy atom. The minimum absolute atomic E-state index is 0.419. The Hall–Kier alpha value is -0.0800. The van der Waals surface area contributed by atoms with Crippen LogP contribution in [-0.2, 0) is 0 Å². The maximum Gasteiger partial charge on any atom is 0.0774 e. The van der Waals surface area contributed by atoms with E-state index in [1.165, 1.54) is 51.4 Å². The van der Waals surface area contributed by atoms with Gasteiger partial charge >= 0.3 is 0 Å². The standard InChI is InChI=1S/C17H33NO/c1-3-5-15-7-9-16(10-8-15)18-13-17(19)11-4-6-14(2)12-17/h14-16,18-19H,3-13H2,1-2H3. The Morgan fingerprint density at radius 3 is 2.53 bits per heavy atom. The summed E-state index contributed by atoms with van der Waals surface area (Å²) in [5.41, 5.74) is -0.419. The number of hydrogen-bond acceptors (Lipinski definition) is 2. The summed E-state index contributed by atoms with van der Waals surface area (Å²) in [7, 11) is 0. The summed E-state index contributed by atoms with van der Waals surface area (Å²) in [5.74, 6) is 1.67. The molecule has 2 N–H and O–H groups in total. The van der Waals surface area contributed by atoms with E-state index in [0.29, 0.717) is 12.0 Å². The molecule has 19 heavy (non-hydrogen) atoms. The zero-order valence-electron chi connectivity index (χ0n) is 13.0. The number of aliphatic hydroxyl groups is 1. The lowest BCUT2D eigenvalue weighted by atomic mass is 9.78. The molecule has 2 nitrogen and oxygen atoms in total. The van der Waals surface area contributed by atoms with Crippen LogP contribution in [0.5, 0.6) is 0 Å². The molecule has 0 spiro atoms. The Balaban J connectivity index is 1.68. The number of rotatable bonds is 5. The summed E-state index contributed by atoms with van der Waals surface area (Å²) in [4.78, 5) is 0. The highest BCUT2D eigenvalue weighted by molar-refractivity contribution is 4.89. The third-order valence-electron chi connectivity index (χ3n) is 5.33. The lowest BCUT2D eigenvalue weighted by molar-refractivity contribution is -0.0149. The van der Waals surface area contributed by atoms with Gasteiger partial charge in [-0.15, -0.1) is 0 Å². The monoisotopic (exact) mass is 267 g/mol. The van der Waals surface area contributed by atoms with Crippen LogP contribution < -0.4 is 5.32 Å². The second-order valence-electron chi connectivity index (χ2n) is 7.31. The Morgan fingerprint density at radius 1 is 1.16 bits per heavy atom. The molecule has 0 heterocycles. The van der Waals surface area contributed by atoms with Crippen LogP contribution >= 0.6 is 0 Å². The molecule has 2 aliphatic carbocycles. The van der Waals surface area contributed by atoms with Gasteiger partial charge < -0.3 is 10.4 Å². The molecule has 0 bridgehead atoms. The molecule has 0 aromatic carbocycles. The van der Waals surface area contributed by atoms with Crippen LogP contribution in [0.3, 0.4) is 0 Å². The molecule has 0 saturated heterocycles. The quantitative estimate of drug-likeness (QED) is 0.792. The predicted octanol–water partition coefficient (Wildman–Crippen LogP) is 3.88. The van der Waals surface area contributed by atoms with E-state index in [-0.39, 0.29) is 0 Å². The molecule has 0 aromatic heterocycles. The predicted molar refractivity (Wildman–Crippen MR) is 81.2 cm³/mol. The summed E-state index contributed by atoms with van der Waals surface area (Å²) in [6, 6.07) is 0.661. The summed E-state index contributed by atoms with van der Waals surface area (Å²) in [6.07, 6.45) is 12.6. The van der Waals surface area contributed by atoms with Crippen molar-refractivity contribution >= 4 is 0 Å². The molecule has 2 aliphatic rings. The second kappa shape index (κ2) is 7.08. The zero-order chi connectivity index (χ0) is 13.7. The van der Waals surface area contributed by atoms with Gasteiger partial charge in [-0.2, -0.15) is 0 Å². The van der Waals surface area contributed by atoms with E-state index in [0.717, 1.165) is 25.3 Å². The van der Waals surface area contributed by atoms with Gasteiger partial charge in [-0.3, -0.25) is 0 Å². The van der Waals surface area contributed by atoms with Gasteiger partial charge in [0, 0.05) is 12.6 Å². The van der Waals surface area contributed by atoms with E-state index in [2.05, 4.69) is 19.2 Å². The first-order chi connectivity index (χ1) is 9.11. The fourth-order valence-electron chi connectivity index (χ4n) is 4.19. The summed E-state index contributed by atoms with van der Waals surface area (Å²) in [6.45, 7) is 5.39. The molecule has 2 heteroatoms. The molecule has 2 unspecified atom stereocenters. The third-order valence-corrected chi connectivity index (χ3v) is 5.33. The maximum absolute atomic E-state index is 10.6. The molecule has 2 fully saturated rings.